The standard InChI is InChI=1S/C23H28BrCl2N3O4S/c1-4-5-10-27-23(31)16(2)28(14-17-6-8-18(24)9-7-17)22(30)15-29(34(3,32)33)21-12-19(25)11-20(26)13-21/h6-9,11-13,16H,4-5,10,14-15H2,1-3H3,(H,27,31)/t16-/m0/s1. The average molecular weight is 593 g/mol. The smallest absolute Gasteiger partial charge is 0.244 e. The molecule has 186 valence electrons. The number of hydrogen-bond donors (Lipinski definition) is 1. The molecule has 0 aromatic heterocycles. The van der Waals surface area contributed by atoms with Crippen LogP contribution in [0.15, 0.2) is 46.9 Å². The first-order valence-corrected chi connectivity index (χ1v) is 14.1. The van der Waals surface area contributed by atoms with E-state index >= 15 is 0 Å². The van der Waals surface area contributed by atoms with Crippen molar-refractivity contribution in [3.63, 3.8) is 0 Å². The van der Waals surface area contributed by atoms with E-state index in [1.165, 1.54) is 23.1 Å². The molecule has 0 bridgehead atoms. The summed E-state index contributed by atoms with van der Waals surface area (Å²) < 4.78 is 27.0. The monoisotopic (exact) mass is 591 g/mol. The van der Waals surface area contributed by atoms with Crippen LogP contribution in [-0.2, 0) is 26.2 Å². The fraction of sp³-hybridized carbons (Fsp3) is 0.391. The summed E-state index contributed by atoms with van der Waals surface area (Å²) in [5, 5.41) is 3.31. The summed E-state index contributed by atoms with van der Waals surface area (Å²) in [5.74, 6) is -0.849. The van der Waals surface area contributed by atoms with E-state index in [-0.39, 0.29) is 28.2 Å². The van der Waals surface area contributed by atoms with Gasteiger partial charge in [0.1, 0.15) is 12.6 Å². The molecule has 2 aromatic carbocycles. The molecule has 0 spiro atoms. The highest BCUT2D eigenvalue weighted by Crippen LogP contribution is 2.27. The van der Waals surface area contributed by atoms with E-state index in [4.69, 9.17) is 23.2 Å². The zero-order chi connectivity index (χ0) is 25.5. The van der Waals surface area contributed by atoms with E-state index < -0.39 is 28.5 Å². The number of halogens is 3. The summed E-state index contributed by atoms with van der Waals surface area (Å²) in [6.45, 7) is 3.75. The number of amides is 2. The van der Waals surface area contributed by atoms with Gasteiger partial charge >= 0.3 is 0 Å². The summed E-state index contributed by atoms with van der Waals surface area (Å²) >= 11 is 15.5. The molecule has 0 aliphatic rings. The maximum atomic E-state index is 13.5. The van der Waals surface area contributed by atoms with Crippen molar-refractivity contribution < 1.29 is 18.0 Å². The van der Waals surface area contributed by atoms with Crippen LogP contribution >= 0.6 is 39.1 Å². The van der Waals surface area contributed by atoms with Gasteiger partial charge in [0, 0.05) is 27.6 Å². The molecule has 2 aromatic rings. The Bertz CT molecular complexity index is 1090. The Hall–Kier alpha value is -1.81. The van der Waals surface area contributed by atoms with Gasteiger partial charge in [-0.15, -0.1) is 0 Å². The third-order valence-corrected chi connectivity index (χ3v) is 7.18. The van der Waals surface area contributed by atoms with E-state index in [9.17, 15) is 18.0 Å². The molecular weight excluding hydrogens is 565 g/mol. The summed E-state index contributed by atoms with van der Waals surface area (Å²) in [4.78, 5) is 27.6. The minimum absolute atomic E-state index is 0.127. The molecule has 1 N–H and O–H groups in total. The molecule has 2 rings (SSSR count). The number of benzene rings is 2. The summed E-state index contributed by atoms with van der Waals surface area (Å²) in [6.07, 6.45) is 2.73. The van der Waals surface area contributed by atoms with Crippen LogP contribution in [0.3, 0.4) is 0 Å². The van der Waals surface area contributed by atoms with Gasteiger partial charge < -0.3 is 10.2 Å². The Morgan fingerprint density at radius 1 is 1.09 bits per heavy atom. The molecule has 2 amide bonds. The fourth-order valence-electron chi connectivity index (χ4n) is 3.20. The summed E-state index contributed by atoms with van der Waals surface area (Å²) in [7, 11) is -3.86. The number of carbonyl (C=O) groups is 2. The third-order valence-electron chi connectivity index (χ3n) is 5.08. The van der Waals surface area contributed by atoms with Gasteiger partial charge in [0.05, 0.1) is 11.9 Å². The number of nitrogens with zero attached hydrogens (tertiary/aromatic N) is 2. The van der Waals surface area contributed by atoms with Crippen LogP contribution in [0, 0.1) is 0 Å². The van der Waals surface area contributed by atoms with Crippen molar-refractivity contribution in [1.29, 1.82) is 0 Å². The fourth-order valence-corrected chi connectivity index (χ4v) is 4.81. The number of carbonyl (C=O) groups excluding carboxylic acids is 2. The summed E-state index contributed by atoms with van der Waals surface area (Å²) in [6, 6.07) is 10.8. The van der Waals surface area contributed by atoms with Crippen LogP contribution in [0.4, 0.5) is 5.69 Å². The zero-order valence-electron chi connectivity index (χ0n) is 19.2. The highest BCUT2D eigenvalue weighted by atomic mass is 79.9. The molecule has 7 nitrogen and oxygen atoms in total. The number of rotatable bonds is 11. The van der Waals surface area contributed by atoms with Gasteiger partial charge in [-0.05, 0) is 49.2 Å². The molecule has 0 aliphatic carbocycles. The van der Waals surface area contributed by atoms with Crippen molar-refractivity contribution in [2.45, 2.75) is 39.3 Å². The van der Waals surface area contributed by atoms with Crippen molar-refractivity contribution in [1.82, 2.24) is 10.2 Å². The van der Waals surface area contributed by atoms with E-state index in [0.29, 0.717) is 6.54 Å². The van der Waals surface area contributed by atoms with Crippen LogP contribution < -0.4 is 9.62 Å². The van der Waals surface area contributed by atoms with Gasteiger partial charge in [-0.3, -0.25) is 13.9 Å². The van der Waals surface area contributed by atoms with Crippen LogP contribution in [0.5, 0.6) is 0 Å². The predicted octanol–water partition coefficient (Wildman–Crippen LogP) is 4.86. The number of nitrogens with one attached hydrogen (secondary N) is 1. The van der Waals surface area contributed by atoms with Crippen molar-refractivity contribution in [2.24, 2.45) is 0 Å². The van der Waals surface area contributed by atoms with E-state index in [0.717, 1.165) is 33.4 Å². The molecule has 34 heavy (non-hydrogen) atoms. The molecular formula is C23H28BrCl2N3O4S. The van der Waals surface area contributed by atoms with Crippen LogP contribution in [-0.4, -0.2) is 50.5 Å². The van der Waals surface area contributed by atoms with Gasteiger partial charge in [0.2, 0.25) is 21.8 Å². The number of unbranched alkanes of at least 4 members (excludes halogenated alkanes) is 1. The largest absolute Gasteiger partial charge is 0.354 e. The van der Waals surface area contributed by atoms with E-state index in [1.807, 2.05) is 31.2 Å². The highest BCUT2D eigenvalue weighted by molar-refractivity contribution is 9.10. The SMILES string of the molecule is CCCCNC(=O)[C@H](C)N(Cc1ccc(Br)cc1)C(=O)CN(c1cc(Cl)cc(Cl)c1)S(C)(=O)=O. The lowest BCUT2D eigenvalue weighted by Crippen LogP contribution is -2.51. The second-order valence-electron chi connectivity index (χ2n) is 7.87. The Morgan fingerprint density at radius 3 is 2.21 bits per heavy atom. The van der Waals surface area contributed by atoms with Gasteiger partial charge in [-0.2, -0.15) is 0 Å². The molecule has 0 saturated heterocycles. The van der Waals surface area contributed by atoms with Crippen molar-refractivity contribution in [3.8, 4) is 0 Å². The Balaban J connectivity index is 2.37. The molecule has 1 atom stereocenters. The zero-order valence-corrected chi connectivity index (χ0v) is 23.1. The normalized spacial score (nSPS) is 12.2. The van der Waals surface area contributed by atoms with Crippen molar-refractivity contribution in [3.05, 3.63) is 62.5 Å². The Labute approximate surface area is 219 Å². The maximum Gasteiger partial charge on any atom is 0.244 e. The van der Waals surface area contributed by atoms with Crippen molar-refractivity contribution in [2.75, 3.05) is 23.7 Å². The average Bonchev–Trinajstić information content (AvgIpc) is 2.75. The van der Waals surface area contributed by atoms with Crippen LogP contribution in [0.1, 0.15) is 32.3 Å². The van der Waals surface area contributed by atoms with E-state index in [1.54, 1.807) is 6.92 Å². The molecule has 11 heteroatoms. The van der Waals surface area contributed by atoms with Gasteiger partial charge in [0.15, 0.2) is 0 Å². The topological polar surface area (TPSA) is 86.8 Å². The minimum Gasteiger partial charge on any atom is -0.354 e. The van der Waals surface area contributed by atoms with Gasteiger partial charge in [0.25, 0.3) is 0 Å². The first kappa shape index (κ1) is 28.4. The molecule has 0 heterocycles. The predicted molar refractivity (Wildman–Crippen MR) is 141 cm³/mol. The lowest BCUT2D eigenvalue weighted by atomic mass is 10.1. The van der Waals surface area contributed by atoms with Crippen molar-refractivity contribution >= 4 is 66.7 Å². The molecule has 0 aliphatic heterocycles. The lowest BCUT2D eigenvalue weighted by Gasteiger charge is -2.31. The first-order chi connectivity index (χ1) is 15.9. The molecule has 0 unspecified atom stereocenters. The second kappa shape index (κ2) is 12.8. The van der Waals surface area contributed by atoms with Gasteiger partial charge in [-0.25, -0.2) is 8.42 Å². The van der Waals surface area contributed by atoms with Crippen LogP contribution in [0.2, 0.25) is 10.0 Å². The lowest BCUT2D eigenvalue weighted by molar-refractivity contribution is -0.139. The number of sulfonamides is 1. The molecule has 0 saturated carbocycles. The molecule has 0 fully saturated rings. The minimum atomic E-state index is -3.86. The van der Waals surface area contributed by atoms with Gasteiger partial charge in [-0.1, -0.05) is 64.6 Å². The first-order valence-electron chi connectivity index (χ1n) is 10.7. The maximum absolute atomic E-state index is 13.5. The Morgan fingerprint density at radius 2 is 1.68 bits per heavy atom. The number of anilines is 1. The summed E-state index contributed by atoms with van der Waals surface area (Å²) in [5.41, 5.74) is 0.957. The molecule has 0 radical (unpaired) electrons. The second-order valence-corrected chi connectivity index (χ2v) is 11.6. The van der Waals surface area contributed by atoms with E-state index in [2.05, 4.69) is 21.2 Å². The highest BCUT2D eigenvalue weighted by Gasteiger charge is 2.30. The van der Waals surface area contributed by atoms with Crippen LogP contribution in [0.25, 0.3) is 0 Å². The third kappa shape index (κ3) is 8.45. The quantitative estimate of drug-likeness (QED) is 0.378. The number of hydrogen-bond acceptors (Lipinski definition) is 4. The Kier molecular flexibility index (Phi) is 10.7.